The van der Waals surface area contributed by atoms with Crippen molar-refractivity contribution in [1.29, 1.82) is 0 Å². The van der Waals surface area contributed by atoms with Crippen LogP contribution in [0.1, 0.15) is 24.0 Å². The van der Waals surface area contributed by atoms with Gasteiger partial charge < -0.3 is 5.11 Å². The highest BCUT2D eigenvalue weighted by Gasteiger charge is 2.04. The SMILES string of the molecule is CC(Cc1ccccc1)c1ccccc1.Oc1ccccc1. The molecule has 0 aliphatic heterocycles. The van der Waals surface area contributed by atoms with Crippen LogP contribution in [0.3, 0.4) is 0 Å². The second-order valence-electron chi connectivity index (χ2n) is 5.34. The Balaban J connectivity index is 0.000000211. The Hall–Kier alpha value is -2.54. The van der Waals surface area contributed by atoms with Gasteiger partial charge in [0.15, 0.2) is 0 Å². The largest absolute Gasteiger partial charge is 0.508 e. The summed E-state index contributed by atoms with van der Waals surface area (Å²) in [4.78, 5) is 0. The lowest BCUT2D eigenvalue weighted by atomic mass is 9.94. The minimum atomic E-state index is 0.322. The van der Waals surface area contributed by atoms with E-state index in [1.165, 1.54) is 11.1 Å². The average Bonchev–Trinajstić information content (AvgIpc) is 2.58. The fourth-order valence-electron chi connectivity index (χ4n) is 2.30. The molecule has 0 spiro atoms. The molecular formula is C21H22O. The third kappa shape index (κ3) is 5.45. The van der Waals surface area contributed by atoms with Crippen LogP contribution in [0.4, 0.5) is 0 Å². The first-order valence-corrected chi connectivity index (χ1v) is 7.58. The highest BCUT2D eigenvalue weighted by molar-refractivity contribution is 5.23. The number of benzene rings is 3. The zero-order valence-electron chi connectivity index (χ0n) is 12.9. The van der Waals surface area contributed by atoms with Crippen LogP contribution < -0.4 is 0 Å². The normalized spacial score (nSPS) is 11.1. The Bertz CT molecular complexity index is 633. The van der Waals surface area contributed by atoms with Gasteiger partial charge in [-0.05, 0) is 35.6 Å². The Morgan fingerprint density at radius 3 is 1.59 bits per heavy atom. The molecule has 1 N–H and O–H groups in total. The van der Waals surface area contributed by atoms with E-state index in [-0.39, 0.29) is 0 Å². The minimum Gasteiger partial charge on any atom is -0.508 e. The number of aromatic hydroxyl groups is 1. The van der Waals surface area contributed by atoms with Gasteiger partial charge in [-0.15, -0.1) is 0 Å². The molecule has 3 aromatic rings. The lowest BCUT2D eigenvalue weighted by molar-refractivity contribution is 0.475. The number of phenolic OH excluding ortho intramolecular Hbond substituents is 1. The van der Waals surface area contributed by atoms with Crippen LogP contribution in [0.2, 0.25) is 0 Å². The van der Waals surface area contributed by atoms with Gasteiger partial charge in [0, 0.05) is 0 Å². The van der Waals surface area contributed by atoms with Crippen LogP contribution in [0.5, 0.6) is 5.75 Å². The topological polar surface area (TPSA) is 20.2 Å². The van der Waals surface area contributed by atoms with Crippen molar-refractivity contribution >= 4 is 0 Å². The summed E-state index contributed by atoms with van der Waals surface area (Å²) in [6.45, 7) is 2.28. The van der Waals surface area contributed by atoms with Gasteiger partial charge in [-0.25, -0.2) is 0 Å². The molecule has 0 bridgehead atoms. The van der Waals surface area contributed by atoms with E-state index in [9.17, 15) is 0 Å². The molecule has 0 heterocycles. The minimum absolute atomic E-state index is 0.322. The summed E-state index contributed by atoms with van der Waals surface area (Å²) in [6.07, 6.45) is 1.12. The molecule has 0 fully saturated rings. The first kappa shape index (κ1) is 15.8. The van der Waals surface area contributed by atoms with Gasteiger partial charge in [0.25, 0.3) is 0 Å². The lowest BCUT2D eigenvalue weighted by Gasteiger charge is -2.11. The summed E-state index contributed by atoms with van der Waals surface area (Å²) in [5.74, 6) is 0.913. The van der Waals surface area contributed by atoms with E-state index < -0.39 is 0 Å². The number of hydrogen-bond acceptors (Lipinski definition) is 1. The Morgan fingerprint density at radius 1 is 0.682 bits per heavy atom. The van der Waals surface area contributed by atoms with Crippen molar-refractivity contribution in [1.82, 2.24) is 0 Å². The molecule has 0 saturated carbocycles. The van der Waals surface area contributed by atoms with Gasteiger partial charge >= 0.3 is 0 Å². The molecule has 0 radical (unpaired) electrons. The molecule has 0 aliphatic carbocycles. The molecule has 0 amide bonds. The predicted octanol–water partition coefficient (Wildman–Crippen LogP) is 5.43. The maximum absolute atomic E-state index is 8.63. The van der Waals surface area contributed by atoms with Gasteiger partial charge in [0.05, 0.1) is 0 Å². The third-order valence-corrected chi connectivity index (χ3v) is 3.51. The second kappa shape index (κ2) is 8.68. The summed E-state index contributed by atoms with van der Waals surface area (Å²) in [6, 6.07) is 30.1. The van der Waals surface area contributed by atoms with Gasteiger partial charge in [-0.2, -0.15) is 0 Å². The number of rotatable bonds is 3. The van der Waals surface area contributed by atoms with Crippen molar-refractivity contribution in [3.63, 3.8) is 0 Å². The van der Waals surface area contributed by atoms with Crippen LogP contribution in [0.25, 0.3) is 0 Å². The van der Waals surface area contributed by atoms with Crippen LogP contribution in [0, 0.1) is 0 Å². The average molecular weight is 290 g/mol. The summed E-state index contributed by atoms with van der Waals surface area (Å²) >= 11 is 0. The van der Waals surface area contributed by atoms with Crippen LogP contribution in [-0.2, 0) is 6.42 Å². The zero-order valence-corrected chi connectivity index (χ0v) is 12.9. The number of hydrogen-bond donors (Lipinski definition) is 1. The summed E-state index contributed by atoms with van der Waals surface area (Å²) in [5.41, 5.74) is 2.83. The Labute approximate surface area is 132 Å². The quantitative estimate of drug-likeness (QED) is 0.682. The van der Waals surface area contributed by atoms with E-state index in [4.69, 9.17) is 5.11 Å². The van der Waals surface area contributed by atoms with E-state index in [1.54, 1.807) is 24.3 Å². The van der Waals surface area contributed by atoms with Gasteiger partial charge in [0.2, 0.25) is 0 Å². The van der Waals surface area contributed by atoms with Crippen molar-refractivity contribution in [2.24, 2.45) is 0 Å². The smallest absolute Gasteiger partial charge is 0.115 e. The Morgan fingerprint density at radius 2 is 1.14 bits per heavy atom. The maximum atomic E-state index is 8.63. The molecule has 112 valence electrons. The van der Waals surface area contributed by atoms with Crippen LogP contribution in [-0.4, -0.2) is 5.11 Å². The van der Waals surface area contributed by atoms with E-state index >= 15 is 0 Å². The molecule has 0 aliphatic rings. The van der Waals surface area contributed by atoms with E-state index in [1.807, 2.05) is 6.07 Å². The summed E-state index contributed by atoms with van der Waals surface area (Å²) < 4.78 is 0. The fourth-order valence-corrected chi connectivity index (χ4v) is 2.30. The van der Waals surface area contributed by atoms with Gasteiger partial charge in [0.1, 0.15) is 5.75 Å². The molecule has 1 heteroatoms. The standard InChI is InChI=1S/C15H16.C6H6O/c1-13(15-10-6-3-7-11-15)12-14-8-4-2-5-9-14;7-6-4-2-1-3-5-6/h2-11,13H,12H2,1H3;1-5,7H. The maximum Gasteiger partial charge on any atom is 0.115 e. The van der Waals surface area contributed by atoms with Crippen molar-refractivity contribution < 1.29 is 5.11 Å². The van der Waals surface area contributed by atoms with Gasteiger partial charge in [-0.3, -0.25) is 0 Å². The van der Waals surface area contributed by atoms with E-state index in [0.717, 1.165) is 6.42 Å². The van der Waals surface area contributed by atoms with Crippen molar-refractivity contribution in [2.45, 2.75) is 19.3 Å². The molecular weight excluding hydrogens is 268 g/mol. The Kier molecular flexibility index (Phi) is 6.25. The van der Waals surface area contributed by atoms with Gasteiger partial charge in [-0.1, -0.05) is 85.8 Å². The molecule has 3 aromatic carbocycles. The molecule has 1 unspecified atom stereocenters. The molecule has 22 heavy (non-hydrogen) atoms. The summed E-state index contributed by atoms with van der Waals surface area (Å²) in [7, 11) is 0. The zero-order chi connectivity index (χ0) is 15.6. The van der Waals surface area contributed by atoms with Crippen LogP contribution >= 0.6 is 0 Å². The second-order valence-corrected chi connectivity index (χ2v) is 5.34. The molecule has 0 aromatic heterocycles. The molecule has 0 saturated heterocycles. The third-order valence-electron chi connectivity index (χ3n) is 3.51. The monoisotopic (exact) mass is 290 g/mol. The first-order valence-electron chi connectivity index (χ1n) is 7.58. The molecule has 1 atom stereocenters. The van der Waals surface area contributed by atoms with Crippen molar-refractivity contribution in [2.75, 3.05) is 0 Å². The summed E-state index contributed by atoms with van der Waals surface area (Å²) in [5, 5.41) is 8.63. The lowest BCUT2D eigenvalue weighted by Crippen LogP contribution is -1.97. The van der Waals surface area contributed by atoms with Crippen LogP contribution in [0.15, 0.2) is 91.0 Å². The first-order chi connectivity index (χ1) is 10.8. The highest BCUT2D eigenvalue weighted by atomic mass is 16.3. The van der Waals surface area contributed by atoms with E-state index in [2.05, 4.69) is 67.6 Å². The number of phenols is 1. The molecule has 1 nitrogen and oxygen atoms in total. The fraction of sp³-hybridized carbons (Fsp3) is 0.143. The highest BCUT2D eigenvalue weighted by Crippen LogP contribution is 2.19. The molecule has 3 rings (SSSR count). The number of para-hydroxylation sites is 1. The van der Waals surface area contributed by atoms with Crippen molar-refractivity contribution in [3.8, 4) is 5.75 Å². The predicted molar refractivity (Wildman–Crippen MR) is 93.1 cm³/mol. The van der Waals surface area contributed by atoms with Crippen molar-refractivity contribution in [3.05, 3.63) is 102 Å². The van der Waals surface area contributed by atoms with E-state index in [0.29, 0.717) is 11.7 Å².